The minimum Gasteiger partial charge on any atom is -0.462 e. The Kier molecular flexibility index (Phi) is 44.2. The minimum absolute atomic E-state index is 0.0639. The Morgan fingerprint density at radius 1 is 0.351 bits per heavy atom. The second-order valence-corrected chi connectivity index (χ2v) is 17.7. The zero-order chi connectivity index (χ0) is 41.7. The third-order valence-corrected chi connectivity index (χ3v) is 11.9. The summed E-state index contributed by atoms with van der Waals surface area (Å²) < 4.78 is 16.8. The van der Waals surface area contributed by atoms with E-state index in [2.05, 4.69) is 27.7 Å². The lowest BCUT2D eigenvalue weighted by Gasteiger charge is -2.18. The van der Waals surface area contributed by atoms with Crippen LogP contribution in [0.25, 0.3) is 0 Å². The first kappa shape index (κ1) is 55.4. The van der Waals surface area contributed by atoms with Crippen molar-refractivity contribution in [3.63, 3.8) is 0 Å². The molecule has 338 valence electrons. The Bertz CT molecular complexity index is 859. The highest BCUT2D eigenvalue weighted by Crippen LogP contribution is 2.17. The zero-order valence-corrected chi connectivity index (χ0v) is 38.8. The van der Waals surface area contributed by atoms with E-state index < -0.39 is 6.10 Å². The van der Waals surface area contributed by atoms with E-state index in [9.17, 15) is 14.4 Å². The van der Waals surface area contributed by atoms with Crippen LogP contribution in [0.15, 0.2) is 0 Å². The summed E-state index contributed by atoms with van der Waals surface area (Å²) in [7, 11) is 0. The molecular weight excluding hydrogens is 709 g/mol. The molecule has 0 aromatic heterocycles. The van der Waals surface area contributed by atoms with Crippen molar-refractivity contribution in [3.05, 3.63) is 0 Å². The molecule has 0 aliphatic carbocycles. The number of esters is 3. The predicted molar refractivity (Wildman–Crippen MR) is 243 cm³/mol. The van der Waals surface area contributed by atoms with Crippen LogP contribution in [0.4, 0.5) is 0 Å². The minimum atomic E-state index is -0.761. The number of carbonyl (C=O) groups is 3. The van der Waals surface area contributed by atoms with E-state index in [1.165, 1.54) is 180 Å². The summed E-state index contributed by atoms with van der Waals surface area (Å²) >= 11 is 0. The summed E-state index contributed by atoms with van der Waals surface area (Å²) in [5.74, 6) is -0.0391. The van der Waals surface area contributed by atoms with Gasteiger partial charge in [-0.05, 0) is 25.2 Å². The average molecular weight is 807 g/mol. The van der Waals surface area contributed by atoms with E-state index in [1.807, 2.05) is 0 Å². The molecule has 0 amide bonds. The molecule has 0 aliphatic rings. The lowest BCUT2D eigenvalue weighted by Crippen LogP contribution is -2.30. The second-order valence-electron chi connectivity index (χ2n) is 17.7. The number of carbonyl (C=O) groups excluding carboxylic acids is 3. The van der Waals surface area contributed by atoms with Crippen LogP contribution in [0.2, 0.25) is 0 Å². The lowest BCUT2D eigenvalue weighted by molar-refractivity contribution is -0.167. The van der Waals surface area contributed by atoms with Gasteiger partial charge in [-0.25, -0.2) is 0 Å². The zero-order valence-electron chi connectivity index (χ0n) is 38.8. The fourth-order valence-electron chi connectivity index (χ4n) is 7.66. The highest BCUT2D eigenvalue weighted by Gasteiger charge is 2.19. The third kappa shape index (κ3) is 43.8. The van der Waals surface area contributed by atoms with E-state index >= 15 is 0 Å². The Balaban J connectivity index is 4.28. The van der Waals surface area contributed by atoms with Crippen molar-refractivity contribution in [2.45, 2.75) is 291 Å². The predicted octanol–water partition coefficient (Wildman–Crippen LogP) is 16.3. The molecule has 0 rings (SSSR count). The summed E-state index contributed by atoms with van der Waals surface area (Å²) in [6.07, 6.45) is 46.6. The summed E-state index contributed by atoms with van der Waals surface area (Å²) in [4.78, 5) is 37.9. The molecule has 57 heavy (non-hydrogen) atoms. The molecule has 0 aromatic rings. The topological polar surface area (TPSA) is 78.9 Å². The molecule has 0 aromatic carbocycles. The smallest absolute Gasteiger partial charge is 0.306 e. The molecule has 6 heteroatoms. The Hall–Kier alpha value is -1.59. The molecule has 0 N–H and O–H groups in total. The van der Waals surface area contributed by atoms with Crippen LogP contribution in [0.5, 0.6) is 0 Å². The Labute approximate surface area is 355 Å². The van der Waals surface area contributed by atoms with Crippen LogP contribution < -0.4 is 0 Å². The summed E-state index contributed by atoms with van der Waals surface area (Å²) in [5, 5.41) is 0. The third-order valence-electron chi connectivity index (χ3n) is 11.9. The summed E-state index contributed by atoms with van der Waals surface area (Å²) in [6, 6.07) is 0. The maximum Gasteiger partial charge on any atom is 0.306 e. The Morgan fingerprint density at radius 2 is 0.614 bits per heavy atom. The van der Waals surface area contributed by atoms with Gasteiger partial charge < -0.3 is 14.2 Å². The van der Waals surface area contributed by atoms with E-state index in [4.69, 9.17) is 14.2 Å². The van der Waals surface area contributed by atoms with Gasteiger partial charge in [-0.3, -0.25) is 14.4 Å². The summed E-state index contributed by atoms with van der Waals surface area (Å²) in [5.41, 5.74) is 0. The molecule has 0 heterocycles. The first-order valence-corrected chi connectivity index (χ1v) is 25.4. The number of unbranched alkanes of at least 4 members (excludes halogenated alkanes) is 32. The monoisotopic (exact) mass is 807 g/mol. The first-order chi connectivity index (χ1) is 27.9. The van der Waals surface area contributed by atoms with Crippen LogP contribution in [0, 0.1) is 5.92 Å². The van der Waals surface area contributed by atoms with Gasteiger partial charge in [0, 0.05) is 19.3 Å². The number of rotatable bonds is 46. The molecule has 2 atom stereocenters. The molecule has 0 saturated carbocycles. The first-order valence-electron chi connectivity index (χ1n) is 25.4. The molecule has 6 nitrogen and oxygen atoms in total. The van der Waals surface area contributed by atoms with Gasteiger partial charge in [0.05, 0.1) is 0 Å². The largest absolute Gasteiger partial charge is 0.462 e. The highest BCUT2D eigenvalue weighted by atomic mass is 16.6. The average Bonchev–Trinajstić information content (AvgIpc) is 3.21. The molecule has 0 fully saturated rings. The van der Waals surface area contributed by atoms with Crippen LogP contribution in [0.1, 0.15) is 285 Å². The Morgan fingerprint density at radius 3 is 0.912 bits per heavy atom. The van der Waals surface area contributed by atoms with Crippen LogP contribution in [-0.2, 0) is 28.6 Å². The van der Waals surface area contributed by atoms with E-state index in [1.54, 1.807) is 0 Å². The standard InChI is InChI=1S/C51H98O6/c1-5-8-10-12-14-16-18-20-22-24-26-28-30-35-39-43-50(53)56-46-48(57-51(54)44-40-36-32-31-33-37-41-47(4)7-3)45-55-49(52)42-38-34-29-27-25-23-21-19-17-15-13-11-9-6-2/h47-48H,5-46H2,1-4H3/t47?,48-/m1/s1. The van der Waals surface area contributed by atoms with Crippen LogP contribution >= 0.6 is 0 Å². The normalized spacial score (nSPS) is 12.4. The van der Waals surface area contributed by atoms with Gasteiger partial charge in [-0.2, -0.15) is 0 Å². The molecule has 1 unspecified atom stereocenters. The van der Waals surface area contributed by atoms with Crippen molar-refractivity contribution < 1.29 is 28.6 Å². The van der Waals surface area contributed by atoms with Gasteiger partial charge in [-0.15, -0.1) is 0 Å². The van der Waals surface area contributed by atoms with Gasteiger partial charge in [-0.1, -0.05) is 246 Å². The highest BCUT2D eigenvalue weighted by molar-refractivity contribution is 5.71. The molecular formula is C51H98O6. The number of hydrogen-bond donors (Lipinski definition) is 0. The van der Waals surface area contributed by atoms with Crippen molar-refractivity contribution >= 4 is 17.9 Å². The van der Waals surface area contributed by atoms with Gasteiger partial charge >= 0.3 is 17.9 Å². The van der Waals surface area contributed by atoms with Gasteiger partial charge in [0.1, 0.15) is 13.2 Å². The van der Waals surface area contributed by atoms with Gasteiger partial charge in [0.15, 0.2) is 6.10 Å². The van der Waals surface area contributed by atoms with Crippen molar-refractivity contribution in [2.24, 2.45) is 5.92 Å². The van der Waals surface area contributed by atoms with E-state index in [-0.39, 0.29) is 31.1 Å². The maximum absolute atomic E-state index is 12.7. The molecule has 0 saturated heterocycles. The van der Waals surface area contributed by atoms with E-state index in [0.29, 0.717) is 19.3 Å². The maximum atomic E-state index is 12.7. The van der Waals surface area contributed by atoms with Gasteiger partial charge in [0.25, 0.3) is 0 Å². The number of ether oxygens (including phenoxy) is 3. The van der Waals surface area contributed by atoms with Crippen molar-refractivity contribution in [2.75, 3.05) is 13.2 Å². The van der Waals surface area contributed by atoms with E-state index in [0.717, 1.165) is 63.7 Å². The molecule has 0 bridgehead atoms. The van der Waals surface area contributed by atoms with Gasteiger partial charge in [0.2, 0.25) is 0 Å². The fraction of sp³-hybridized carbons (Fsp3) is 0.941. The second kappa shape index (κ2) is 45.5. The van der Waals surface area contributed by atoms with Crippen LogP contribution in [0.3, 0.4) is 0 Å². The fourth-order valence-corrected chi connectivity index (χ4v) is 7.66. The lowest BCUT2D eigenvalue weighted by atomic mass is 10.00. The summed E-state index contributed by atoms with van der Waals surface area (Å²) in [6.45, 7) is 8.99. The quantitative estimate of drug-likeness (QED) is 0.0346. The van der Waals surface area contributed by atoms with Crippen molar-refractivity contribution in [3.8, 4) is 0 Å². The number of hydrogen-bond acceptors (Lipinski definition) is 6. The van der Waals surface area contributed by atoms with Crippen molar-refractivity contribution in [1.29, 1.82) is 0 Å². The SMILES string of the molecule is CCCCCCCCCCCCCCCCCC(=O)OC[C@@H](COC(=O)CCCCCCCCCCCCCCCC)OC(=O)CCCCCCCCC(C)CC. The molecule has 0 spiro atoms. The molecule has 0 aliphatic heterocycles. The molecule has 0 radical (unpaired) electrons. The van der Waals surface area contributed by atoms with Crippen LogP contribution in [-0.4, -0.2) is 37.2 Å². The van der Waals surface area contributed by atoms with Crippen molar-refractivity contribution in [1.82, 2.24) is 0 Å².